The SMILES string of the molecule is Oc1cccc(/C2=C/C=C\C=C/CC2)c1. The second-order valence-corrected chi connectivity index (χ2v) is 3.59. The molecule has 1 aliphatic rings. The third-order valence-corrected chi connectivity index (χ3v) is 2.45. The number of allylic oxidation sites excluding steroid dienone is 6. The Balaban J connectivity index is 2.30. The van der Waals surface area contributed by atoms with Gasteiger partial charge in [-0.15, -0.1) is 0 Å². The molecule has 1 aromatic rings. The zero-order chi connectivity index (χ0) is 10.5. The summed E-state index contributed by atoms with van der Waals surface area (Å²) < 4.78 is 0. The van der Waals surface area contributed by atoms with Gasteiger partial charge in [0.25, 0.3) is 0 Å². The normalized spacial score (nSPS) is 23.3. The molecule has 1 nitrogen and oxygen atoms in total. The molecule has 0 saturated heterocycles. The largest absolute Gasteiger partial charge is 0.508 e. The Hall–Kier alpha value is -1.76. The van der Waals surface area contributed by atoms with E-state index >= 15 is 0 Å². The number of rotatable bonds is 1. The van der Waals surface area contributed by atoms with Gasteiger partial charge in [-0.2, -0.15) is 0 Å². The van der Waals surface area contributed by atoms with E-state index in [1.54, 1.807) is 6.07 Å². The van der Waals surface area contributed by atoms with Crippen molar-refractivity contribution in [2.45, 2.75) is 12.8 Å². The second kappa shape index (κ2) is 4.65. The molecule has 1 aliphatic carbocycles. The highest BCUT2D eigenvalue weighted by Crippen LogP contribution is 2.24. The van der Waals surface area contributed by atoms with Crippen molar-refractivity contribution in [2.24, 2.45) is 0 Å². The molecule has 1 N–H and O–H groups in total. The summed E-state index contributed by atoms with van der Waals surface area (Å²) in [5, 5.41) is 9.41. The third-order valence-electron chi connectivity index (χ3n) is 2.45. The van der Waals surface area contributed by atoms with Crippen LogP contribution in [0.4, 0.5) is 0 Å². The third kappa shape index (κ3) is 2.59. The van der Waals surface area contributed by atoms with Crippen LogP contribution >= 0.6 is 0 Å². The quantitative estimate of drug-likeness (QED) is 0.729. The zero-order valence-electron chi connectivity index (χ0n) is 8.56. The fourth-order valence-electron chi connectivity index (χ4n) is 1.68. The minimum atomic E-state index is 0.329. The van der Waals surface area contributed by atoms with Crippen molar-refractivity contribution >= 4 is 5.57 Å². The van der Waals surface area contributed by atoms with Crippen LogP contribution in [0.1, 0.15) is 18.4 Å². The van der Waals surface area contributed by atoms with E-state index in [2.05, 4.69) is 18.2 Å². The fraction of sp³-hybridized carbons (Fsp3) is 0.143. The number of phenols is 1. The highest BCUT2D eigenvalue weighted by Gasteiger charge is 2.01. The lowest BCUT2D eigenvalue weighted by Gasteiger charge is -2.07. The molecule has 0 radical (unpaired) electrons. The number of hydrogen-bond acceptors (Lipinski definition) is 1. The van der Waals surface area contributed by atoms with Gasteiger partial charge in [0.1, 0.15) is 5.75 Å². The standard InChI is InChI=1S/C14H14O/c15-14-10-6-9-13(11-14)12-7-4-2-1-3-5-8-12/h1-4,6-7,9-11,15H,5,8H2/b3-1-,4-2-,12-7+. The molecule has 0 amide bonds. The molecule has 2 rings (SSSR count). The van der Waals surface area contributed by atoms with Gasteiger partial charge in [-0.05, 0) is 36.1 Å². The minimum absolute atomic E-state index is 0.329. The molecular formula is C14H14O. The van der Waals surface area contributed by atoms with Crippen LogP contribution in [-0.4, -0.2) is 5.11 Å². The predicted molar refractivity (Wildman–Crippen MR) is 63.6 cm³/mol. The van der Waals surface area contributed by atoms with Gasteiger partial charge >= 0.3 is 0 Å². The predicted octanol–water partition coefficient (Wildman–Crippen LogP) is 3.68. The lowest BCUT2D eigenvalue weighted by Crippen LogP contribution is -1.85. The maximum absolute atomic E-state index is 9.41. The van der Waals surface area contributed by atoms with Crippen LogP contribution in [0.3, 0.4) is 0 Å². The molecule has 0 aliphatic heterocycles. The van der Waals surface area contributed by atoms with E-state index in [0.717, 1.165) is 18.4 Å². The highest BCUT2D eigenvalue weighted by atomic mass is 16.3. The van der Waals surface area contributed by atoms with Gasteiger partial charge < -0.3 is 5.11 Å². The summed E-state index contributed by atoms with van der Waals surface area (Å²) in [4.78, 5) is 0. The van der Waals surface area contributed by atoms with E-state index in [0.29, 0.717) is 5.75 Å². The Labute approximate surface area is 90.1 Å². The Kier molecular flexibility index (Phi) is 3.03. The topological polar surface area (TPSA) is 20.2 Å². The van der Waals surface area contributed by atoms with Gasteiger partial charge in [0, 0.05) is 0 Å². The molecule has 0 saturated carbocycles. The van der Waals surface area contributed by atoms with Crippen LogP contribution in [0.2, 0.25) is 0 Å². The number of hydrogen-bond donors (Lipinski definition) is 1. The van der Waals surface area contributed by atoms with Gasteiger partial charge in [-0.25, -0.2) is 0 Å². The summed E-state index contributed by atoms with van der Waals surface area (Å²) >= 11 is 0. The van der Waals surface area contributed by atoms with Crippen LogP contribution in [0.15, 0.2) is 54.6 Å². The molecule has 1 aromatic carbocycles. The van der Waals surface area contributed by atoms with Crippen molar-refractivity contribution in [1.82, 2.24) is 0 Å². The van der Waals surface area contributed by atoms with E-state index in [1.807, 2.05) is 30.4 Å². The first-order valence-electron chi connectivity index (χ1n) is 5.18. The van der Waals surface area contributed by atoms with Gasteiger partial charge in [0.05, 0.1) is 0 Å². The smallest absolute Gasteiger partial charge is 0.116 e. The molecule has 15 heavy (non-hydrogen) atoms. The number of phenolic OH excluding ortho intramolecular Hbond substituents is 1. The molecule has 1 heteroatoms. The number of benzene rings is 1. The minimum Gasteiger partial charge on any atom is -0.508 e. The van der Waals surface area contributed by atoms with Crippen molar-refractivity contribution in [2.75, 3.05) is 0 Å². The summed E-state index contributed by atoms with van der Waals surface area (Å²) in [5.41, 5.74) is 2.38. The van der Waals surface area contributed by atoms with Crippen molar-refractivity contribution in [3.8, 4) is 5.75 Å². The Bertz CT molecular complexity index is 425. The first-order valence-corrected chi connectivity index (χ1v) is 5.18. The van der Waals surface area contributed by atoms with Crippen LogP contribution in [0.5, 0.6) is 5.75 Å². The van der Waals surface area contributed by atoms with Gasteiger partial charge in [0.2, 0.25) is 0 Å². The van der Waals surface area contributed by atoms with Gasteiger partial charge in [-0.1, -0.05) is 42.5 Å². The Morgan fingerprint density at radius 3 is 2.87 bits per heavy atom. The van der Waals surface area contributed by atoms with Crippen molar-refractivity contribution in [3.63, 3.8) is 0 Å². The van der Waals surface area contributed by atoms with Crippen molar-refractivity contribution < 1.29 is 5.11 Å². The summed E-state index contributed by atoms with van der Waals surface area (Å²) in [7, 11) is 0. The van der Waals surface area contributed by atoms with Crippen molar-refractivity contribution in [3.05, 3.63) is 60.2 Å². The average molecular weight is 198 g/mol. The summed E-state index contributed by atoms with van der Waals surface area (Å²) in [6.45, 7) is 0. The molecule has 76 valence electrons. The van der Waals surface area contributed by atoms with Crippen LogP contribution in [-0.2, 0) is 0 Å². The molecule has 0 unspecified atom stereocenters. The van der Waals surface area contributed by atoms with Crippen LogP contribution < -0.4 is 0 Å². The van der Waals surface area contributed by atoms with E-state index in [4.69, 9.17) is 0 Å². The fourth-order valence-corrected chi connectivity index (χ4v) is 1.68. The lowest BCUT2D eigenvalue weighted by atomic mass is 9.99. The monoisotopic (exact) mass is 198 g/mol. The van der Waals surface area contributed by atoms with Crippen LogP contribution in [0.25, 0.3) is 5.57 Å². The van der Waals surface area contributed by atoms with E-state index in [1.165, 1.54) is 5.57 Å². The maximum atomic E-state index is 9.41. The molecule has 0 fully saturated rings. The molecule has 0 aromatic heterocycles. The maximum Gasteiger partial charge on any atom is 0.116 e. The molecular weight excluding hydrogens is 184 g/mol. The summed E-state index contributed by atoms with van der Waals surface area (Å²) in [6.07, 6.45) is 12.5. The molecule has 0 heterocycles. The first-order chi connectivity index (χ1) is 7.36. The van der Waals surface area contributed by atoms with E-state index in [9.17, 15) is 5.11 Å². The molecule has 0 atom stereocenters. The zero-order valence-corrected chi connectivity index (χ0v) is 8.56. The van der Waals surface area contributed by atoms with Crippen LogP contribution in [0, 0.1) is 0 Å². The van der Waals surface area contributed by atoms with E-state index < -0.39 is 0 Å². The van der Waals surface area contributed by atoms with E-state index in [-0.39, 0.29) is 0 Å². The first kappa shape index (κ1) is 9.78. The number of aromatic hydroxyl groups is 1. The Morgan fingerprint density at radius 2 is 2.00 bits per heavy atom. The summed E-state index contributed by atoms with van der Waals surface area (Å²) in [5.74, 6) is 0.329. The second-order valence-electron chi connectivity index (χ2n) is 3.59. The summed E-state index contributed by atoms with van der Waals surface area (Å²) in [6, 6.07) is 7.42. The molecule has 0 bridgehead atoms. The van der Waals surface area contributed by atoms with Gasteiger partial charge in [0.15, 0.2) is 0 Å². The van der Waals surface area contributed by atoms with Crippen molar-refractivity contribution in [1.29, 1.82) is 0 Å². The average Bonchev–Trinajstić information content (AvgIpc) is 2.16. The van der Waals surface area contributed by atoms with Gasteiger partial charge in [-0.3, -0.25) is 0 Å². The Morgan fingerprint density at radius 1 is 1.07 bits per heavy atom. The highest BCUT2D eigenvalue weighted by molar-refractivity contribution is 5.68. The molecule has 0 spiro atoms. The lowest BCUT2D eigenvalue weighted by molar-refractivity contribution is 0.475.